The quantitative estimate of drug-likeness (QED) is 0.606. The van der Waals surface area contributed by atoms with Gasteiger partial charge in [0.2, 0.25) is 0 Å². The topological polar surface area (TPSA) is 68.9 Å². The molecule has 0 radical (unpaired) electrons. The molecule has 0 unspecified atom stereocenters. The molecule has 1 aromatic heterocycles. The molecule has 0 bridgehead atoms. The smallest absolute Gasteiger partial charge is 0.270 e. The van der Waals surface area contributed by atoms with Crippen molar-refractivity contribution in [1.82, 2.24) is 14.8 Å². The summed E-state index contributed by atoms with van der Waals surface area (Å²) in [5, 5.41) is 0.763. The molecule has 2 saturated heterocycles. The van der Waals surface area contributed by atoms with E-state index in [1.807, 2.05) is 17.0 Å². The molecule has 33 heavy (non-hydrogen) atoms. The van der Waals surface area contributed by atoms with E-state index in [4.69, 9.17) is 4.74 Å². The molecule has 3 aromatic rings. The number of H-pyrrole nitrogens is 1. The first kappa shape index (κ1) is 21.6. The van der Waals surface area contributed by atoms with Crippen LogP contribution in [0.5, 0.6) is 0 Å². The zero-order valence-electron chi connectivity index (χ0n) is 18.4. The summed E-state index contributed by atoms with van der Waals surface area (Å²) in [6.45, 7) is 6.08. The van der Waals surface area contributed by atoms with E-state index in [1.54, 1.807) is 18.2 Å². The average Bonchev–Trinajstić information content (AvgIpc) is 3.21. The number of benzene rings is 2. The van der Waals surface area contributed by atoms with Gasteiger partial charge in [-0.2, -0.15) is 0 Å². The van der Waals surface area contributed by atoms with Crippen molar-refractivity contribution in [3.63, 3.8) is 0 Å². The Morgan fingerprint density at radius 2 is 1.73 bits per heavy atom. The Kier molecular flexibility index (Phi) is 6.11. The Labute approximate surface area is 191 Å². The van der Waals surface area contributed by atoms with E-state index < -0.39 is 0 Å². The van der Waals surface area contributed by atoms with E-state index in [1.165, 1.54) is 12.1 Å². The molecule has 1 amide bonds. The number of aromatic nitrogens is 1. The van der Waals surface area contributed by atoms with Crippen molar-refractivity contribution >= 4 is 28.8 Å². The van der Waals surface area contributed by atoms with Gasteiger partial charge in [0.05, 0.1) is 13.2 Å². The second-order valence-corrected chi connectivity index (χ2v) is 8.55. The number of rotatable bonds is 5. The number of fused-ring (bicyclic) bond motifs is 1. The lowest BCUT2D eigenvalue weighted by Crippen LogP contribution is -2.49. The summed E-state index contributed by atoms with van der Waals surface area (Å²) in [7, 11) is 0. The molecule has 3 heterocycles. The van der Waals surface area contributed by atoms with E-state index in [-0.39, 0.29) is 11.7 Å². The van der Waals surface area contributed by atoms with Crippen LogP contribution >= 0.6 is 0 Å². The Balaban J connectivity index is 1.35. The molecule has 2 fully saturated rings. The number of morpholine rings is 1. The molecule has 8 heteroatoms. The van der Waals surface area contributed by atoms with Gasteiger partial charge >= 0.3 is 0 Å². The van der Waals surface area contributed by atoms with E-state index in [0.29, 0.717) is 57.2 Å². The number of ether oxygens (including phenoxy) is 1. The number of nitrogens with zero attached hydrogens (tertiary/aromatic N) is 3. The van der Waals surface area contributed by atoms with Gasteiger partial charge in [-0.05, 0) is 42.5 Å². The Morgan fingerprint density at radius 1 is 1.00 bits per heavy atom. The Bertz CT molecular complexity index is 1150. The minimum Gasteiger partial charge on any atom is -0.379 e. The van der Waals surface area contributed by atoms with E-state index in [0.717, 1.165) is 41.5 Å². The van der Waals surface area contributed by atoms with Gasteiger partial charge in [-0.15, -0.1) is 0 Å². The van der Waals surface area contributed by atoms with Crippen molar-refractivity contribution in [2.45, 2.75) is 6.54 Å². The zero-order valence-corrected chi connectivity index (χ0v) is 18.4. The molecule has 1 N–H and O–H groups in total. The maximum absolute atomic E-state index is 14.0. The molecule has 7 nitrogen and oxygen atoms in total. The predicted octanol–water partition coefficient (Wildman–Crippen LogP) is 2.91. The number of carbonyl (C=O) groups excluding carboxylic acids is 2. The summed E-state index contributed by atoms with van der Waals surface area (Å²) in [5.74, 6) is -0.358. The van der Waals surface area contributed by atoms with Crippen molar-refractivity contribution in [1.29, 1.82) is 0 Å². The van der Waals surface area contributed by atoms with Crippen LogP contribution in [0.3, 0.4) is 0 Å². The van der Waals surface area contributed by atoms with Crippen LogP contribution in [0.25, 0.3) is 10.9 Å². The summed E-state index contributed by atoms with van der Waals surface area (Å²) < 4.78 is 19.5. The third-order valence-electron chi connectivity index (χ3n) is 6.53. The minimum absolute atomic E-state index is 0.0502. The number of piperazine rings is 1. The fraction of sp³-hybridized carbons (Fsp3) is 0.360. The second kappa shape index (κ2) is 9.33. The summed E-state index contributed by atoms with van der Waals surface area (Å²) in [6.07, 6.45) is 0.834. The fourth-order valence-corrected chi connectivity index (χ4v) is 4.64. The molecule has 2 aliphatic heterocycles. The summed E-state index contributed by atoms with van der Waals surface area (Å²) in [6, 6.07) is 12.1. The molecule has 0 atom stereocenters. The summed E-state index contributed by atoms with van der Waals surface area (Å²) >= 11 is 0. The maximum Gasteiger partial charge on any atom is 0.270 e. The van der Waals surface area contributed by atoms with Gasteiger partial charge in [-0.3, -0.25) is 14.5 Å². The van der Waals surface area contributed by atoms with Crippen LogP contribution in [0, 0.1) is 5.82 Å². The van der Waals surface area contributed by atoms with Crippen molar-refractivity contribution in [3.8, 4) is 0 Å². The lowest BCUT2D eigenvalue weighted by molar-refractivity contribution is 0.0341. The molecule has 2 aliphatic rings. The van der Waals surface area contributed by atoms with Gasteiger partial charge in [-0.1, -0.05) is 0 Å². The van der Waals surface area contributed by atoms with Gasteiger partial charge in [0.25, 0.3) is 5.91 Å². The van der Waals surface area contributed by atoms with Crippen LogP contribution in [0.1, 0.15) is 26.4 Å². The number of carbonyl (C=O) groups is 2. The van der Waals surface area contributed by atoms with Crippen molar-refractivity contribution in [2.75, 3.05) is 57.4 Å². The van der Waals surface area contributed by atoms with Gasteiger partial charge in [-0.25, -0.2) is 4.39 Å². The first-order chi connectivity index (χ1) is 16.1. The number of nitrogens with one attached hydrogen (secondary N) is 1. The van der Waals surface area contributed by atoms with E-state index >= 15 is 0 Å². The van der Waals surface area contributed by atoms with Gasteiger partial charge in [0.1, 0.15) is 17.8 Å². The molecule has 0 spiro atoms. The van der Waals surface area contributed by atoms with Crippen LogP contribution < -0.4 is 4.90 Å². The Morgan fingerprint density at radius 3 is 2.42 bits per heavy atom. The van der Waals surface area contributed by atoms with Crippen LogP contribution in [0.15, 0.2) is 42.5 Å². The van der Waals surface area contributed by atoms with Crippen molar-refractivity contribution in [2.24, 2.45) is 0 Å². The highest BCUT2D eigenvalue weighted by atomic mass is 19.1. The van der Waals surface area contributed by atoms with Crippen molar-refractivity contribution in [3.05, 3.63) is 65.1 Å². The third kappa shape index (κ3) is 4.49. The first-order valence-corrected chi connectivity index (χ1v) is 11.3. The van der Waals surface area contributed by atoms with Gasteiger partial charge < -0.3 is 19.5 Å². The molecule has 0 saturated carbocycles. The van der Waals surface area contributed by atoms with Crippen LogP contribution in [0.4, 0.5) is 10.1 Å². The molecule has 2 aromatic carbocycles. The summed E-state index contributed by atoms with van der Waals surface area (Å²) in [4.78, 5) is 34.0. The number of aldehydes is 1. The monoisotopic (exact) mass is 450 g/mol. The molecule has 172 valence electrons. The lowest BCUT2D eigenvalue weighted by Gasteiger charge is -2.36. The number of aromatic amines is 1. The van der Waals surface area contributed by atoms with E-state index in [9.17, 15) is 14.0 Å². The average molecular weight is 451 g/mol. The maximum atomic E-state index is 14.0. The number of hydrogen-bond acceptors (Lipinski definition) is 5. The van der Waals surface area contributed by atoms with Crippen molar-refractivity contribution < 1.29 is 18.7 Å². The van der Waals surface area contributed by atoms with E-state index in [2.05, 4.69) is 14.8 Å². The minimum atomic E-state index is -0.307. The molecular formula is C25H27FN4O3. The highest BCUT2D eigenvalue weighted by Gasteiger charge is 2.27. The normalized spacial score (nSPS) is 17.5. The van der Waals surface area contributed by atoms with Crippen LogP contribution in [0.2, 0.25) is 0 Å². The highest BCUT2D eigenvalue weighted by Crippen LogP contribution is 2.27. The fourth-order valence-electron chi connectivity index (χ4n) is 4.64. The zero-order chi connectivity index (χ0) is 22.8. The molecule has 0 aliphatic carbocycles. The number of hydrogen-bond donors (Lipinski definition) is 1. The molecular weight excluding hydrogens is 423 g/mol. The number of amides is 1. The third-order valence-corrected chi connectivity index (χ3v) is 6.53. The molecule has 5 rings (SSSR count). The summed E-state index contributed by atoms with van der Waals surface area (Å²) in [5.41, 5.74) is 3.86. The van der Waals surface area contributed by atoms with Crippen LogP contribution in [-0.4, -0.2) is 79.5 Å². The lowest BCUT2D eigenvalue weighted by atomic mass is 10.1. The number of halogens is 1. The standard InChI is InChI=1S/C25H27FN4O3/c26-19-3-6-23-21(15-19)22(16-28-11-13-33-14-12-28)24(27-23)25(32)30-9-7-29(8-10-30)20-4-1-18(17-31)2-5-20/h1-6,15,17,27H,7-14,16H2. The number of anilines is 1. The second-order valence-electron chi connectivity index (χ2n) is 8.55. The Hall–Kier alpha value is -3.23. The van der Waals surface area contributed by atoms with Crippen LogP contribution in [-0.2, 0) is 11.3 Å². The van der Waals surface area contributed by atoms with Gasteiger partial charge in [0, 0.05) is 73.5 Å². The largest absolute Gasteiger partial charge is 0.379 e. The SMILES string of the molecule is O=Cc1ccc(N2CCN(C(=O)c3[nH]c4ccc(F)cc4c3CN3CCOCC3)CC2)cc1. The predicted molar refractivity (Wildman–Crippen MR) is 124 cm³/mol. The highest BCUT2D eigenvalue weighted by molar-refractivity contribution is 6.01. The van der Waals surface area contributed by atoms with Gasteiger partial charge in [0.15, 0.2) is 0 Å². The first-order valence-electron chi connectivity index (χ1n) is 11.3.